The van der Waals surface area contributed by atoms with Gasteiger partial charge in [-0.1, -0.05) is 23.2 Å². The van der Waals surface area contributed by atoms with E-state index in [4.69, 9.17) is 54.1 Å². The highest BCUT2D eigenvalue weighted by molar-refractivity contribution is 6.48. The number of rotatable bonds is 5. The average molecular weight is 430 g/mol. The minimum atomic E-state index is -2.91. The number of ether oxygens (including phenoxy) is 3. The van der Waals surface area contributed by atoms with Crippen molar-refractivity contribution in [3.8, 4) is 0 Å². The van der Waals surface area contributed by atoms with Gasteiger partial charge in [-0.15, -0.1) is 11.6 Å². The van der Waals surface area contributed by atoms with Crippen LogP contribution in [0.5, 0.6) is 0 Å². The fourth-order valence-corrected chi connectivity index (χ4v) is 3.34. The van der Waals surface area contributed by atoms with Gasteiger partial charge in [0, 0.05) is 0 Å². The van der Waals surface area contributed by atoms with Gasteiger partial charge in [0.25, 0.3) is 10.3 Å². The van der Waals surface area contributed by atoms with E-state index < -0.39 is 71.8 Å². The number of hydrogen-bond acceptors (Lipinski definition) is 10. The molecule has 10 nitrogen and oxygen atoms in total. The summed E-state index contributed by atoms with van der Waals surface area (Å²) in [6, 6.07) is 0. The third kappa shape index (κ3) is 3.74. The molecule has 0 radical (unpaired) electrons. The van der Waals surface area contributed by atoms with Crippen molar-refractivity contribution < 1.29 is 50.0 Å². The van der Waals surface area contributed by atoms with E-state index in [0.29, 0.717) is 0 Å². The van der Waals surface area contributed by atoms with E-state index >= 15 is 0 Å². The van der Waals surface area contributed by atoms with Crippen LogP contribution in [0.4, 0.5) is 0 Å². The molecule has 2 rings (SSSR count). The average Bonchev–Trinajstić information content (AvgIpc) is 2.80. The first-order valence-corrected chi connectivity index (χ1v) is 8.38. The molecule has 0 aromatic carbocycles. The zero-order chi connectivity index (χ0) is 19.2. The highest BCUT2D eigenvalue weighted by atomic mass is 35.5. The molecule has 0 saturated carbocycles. The van der Waals surface area contributed by atoms with Crippen molar-refractivity contribution in [1.82, 2.24) is 0 Å². The summed E-state index contributed by atoms with van der Waals surface area (Å²) in [4.78, 5) is 0. The second-order valence-electron chi connectivity index (χ2n) is 5.76. The highest BCUT2D eigenvalue weighted by Gasteiger charge is 2.66. The Hall–Kier alpha value is 0.470. The Morgan fingerprint density at radius 3 is 2.00 bits per heavy atom. The zero-order valence-electron chi connectivity index (χ0n) is 12.5. The van der Waals surface area contributed by atoms with E-state index in [0.717, 1.165) is 0 Å². The van der Waals surface area contributed by atoms with Gasteiger partial charge in [0.2, 0.25) is 0 Å². The summed E-state index contributed by atoms with van der Waals surface area (Å²) < 4.78 is 12.3. The second kappa shape index (κ2) is 7.84. The Morgan fingerprint density at radius 2 is 1.52 bits per heavy atom. The second-order valence-corrected chi connectivity index (χ2v) is 7.52. The molecule has 7 N–H and O–H groups in total. The molecular weight excluding hydrogens is 410 g/mol. The Morgan fingerprint density at radius 1 is 0.960 bits per heavy atom. The van der Waals surface area contributed by atoms with Crippen molar-refractivity contribution >= 4 is 34.8 Å². The summed E-state index contributed by atoms with van der Waals surface area (Å²) in [6.45, 7) is -1.41. The minimum absolute atomic E-state index is 0.635. The van der Waals surface area contributed by atoms with Gasteiger partial charge in [-0.05, 0) is 0 Å². The SMILES string of the molecule is OC[C@H]1O[C@@](O)(C(Cl)(Cl)O[C@H]2O[C@H](CO)[C@H](Cl)[C@H](O)[C@H]2O)[C@@H](O)[C@@H]1O. The lowest BCUT2D eigenvalue weighted by Gasteiger charge is -2.44. The van der Waals surface area contributed by atoms with E-state index in [2.05, 4.69) is 0 Å². The zero-order valence-corrected chi connectivity index (χ0v) is 14.8. The molecule has 2 heterocycles. The lowest BCUT2D eigenvalue weighted by atomic mass is 10.0. The minimum Gasteiger partial charge on any atom is -0.394 e. The van der Waals surface area contributed by atoms with Gasteiger partial charge in [0.15, 0.2) is 6.29 Å². The number of alkyl halides is 3. The van der Waals surface area contributed by atoms with E-state index in [1.165, 1.54) is 0 Å². The van der Waals surface area contributed by atoms with E-state index in [9.17, 15) is 30.6 Å². The molecular formula is C12H19Cl3O10. The molecule has 0 amide bonds. The maximum Gasteiger partial charge on any atom is 0.277 e. The smallest absolute Gasteiger partial charge is 0.277 e. The number of hydrogen-bond donors (Lipinski definition) is 7. The third-order valence-corrected chi connectivity index (χ3v) is 5.36. The number of aliphatic hydroxyl groups is 7. The standard InChI is InChI=1S/C12H19Cl3O10/c13-5-3(1-16)23-10(8(20)7(5)19)25-12(14,15)11(22)9(21)6(18)4(2-17)24-11/h3-10,16-22H,1-2H2/t3-,4-,5+,6-,7+,8-,9+,10-,11-/m1/s1. The van der Waals surface area contributed by atoms with Gasteiger partial charge in [-0.2, -0.15) is 0 Å². The van der Waals surface area contributed by atoms with Crippen LogP contribution >= 0.6 is 34.8 Å². The first-order valence-electron chi connectivity index (χ1n) is 7.19. The molecule has 0 aliphatic carbocycles. The molecule has 2 fully saturated rings. The number of halogens is 3. The van der Waals surface area contributed by atoms with Crippen molar-refractivity contribution in [2.75, 3.05) is 13.2 Å². The van der Waals surface area contributed by atoms with Crippen LogP contribution in [0.25, 0.3) is 0 Å². The largest absolute Gasteiger partial charge is 0.394 e. The molecule has 2 aliphatic rings. The van der Waals surface area contributed by atoms with E-state index in [1.54, 1.807) is 0 Å². The van der Waals surface area contributed by atoms with Crippen LogP contribution in [-0.4, -0.2) is 108 Å². The Kier molecular flexibility index (Phi) is 6.82. The molecule has 0 unspecified atom stereocenters. The first kappa shape index (κ1) is 21.8. The first-order chi connectivity index (χ1) is 11.5. The van der Waals surface area contributed by atoms with Crippen molar-refractivity contribution in [2.45, 2.75) is 58.6 Å². The fourth-order valence-electron chi connectivity index (χ4n) is 2.56. The van der Waals surface area contributed by atoms with Crippen molar-refractivity contribution in [1.29, 1.82) is 0 Å². The van der Waals surface area contributed by atoms with Crippen LogP contribution in [0.2, 0.25) is 0 Å². The monoisotopic (exact) mass is 428 g/mol. The predicted molar refractivity (Wildman–Crippen MR) is 81.8 cm³/mol. The van der Waals surface area contributed by atoms with Crippen molar-refractivity contribution in [3.63, 3.8) is 0 Å². The molecule has 0 bridgehead atoms. The highest BCUT2D eigenvalue weighted by Crippen LogP contribution is 2.46. The summed E-state index contributed by atoms with van der Waals surface area (Å²) in [7, 11) is 0. The van der Waals surface area contributed by atoms with Crippen LogP contribution in [0.1, 0.15) is 0 Å². The maximum atomic E-state index is 10.4. The Balaban J connectivity index is 2.20. The fraction of sp³-hybridized carbons (Fsp3) is 1.00. The molecule has 0 aromatic heterocycles. The lowest BCUT2D eigenvalue weighted by molar-refractivity contribution is -0.338. The summed E-state index contributed by atoms with van der Waals surface area (Å²) >= 11 is 17.6. The molecule has 9 atom stereocenters. The summed E-state index contributed by atoms with van der Waals surface area (Å²) in [6.07, 6.45) is -11.5. The molecule has 148 valence electrons. The predicted octanol–water partition coefficient (Wildman–Crippen LogP) is -3.02. The topological polar surface area (TPSA) is 169 Å². The Bertz CT molecular complexity index is 468. The molecule has 0 aromatic rings. The third-order valence-electron chi connectivity index (χ3n) is 4.10. The van der Waals surface area contributed by atoms with Gasteiger partial charge in [-0.3, -0.25) is 0 Å². The van der Waals surface area contributed by atoms with Gasteiger partial charge >= 0.3 is 0 Å². The van der Waals surface area contributed by atoms with Gasteiger partial charge < -0.3 is 50.0 Å². The van der Waals surface area contributed by atoms with Crippen LogP contribution in [0, 0.1) is 0 Å². The van der Waals surface area contributed by atoms with Crippen molar-refractivity contribution in [2.24, 2.45) is 0 Å². The lowest BCUT2D eigenvalue weighted by Crippen LogP contribution is -2.63. The molecule has 13 heteroatoms. The number of aliphatic hydroxyl groups excluding tert-OH is 6. The van der Waals surface area contributed by atoms with Crippen LogP contribution in [0.3, 0.4) is 0 Å². The summed E-state index contributed by atoms with van der Waals surface area (Å²) in [5.41, 5.74) is 0. The molecule has 2 aliphatic heterocycles. The maximum absolute atomic E-state index is 10.4. The summed E-state index contributed by atoms with van der Waals surface area (Å²) in [5.74, 6) is -2.91. The van der Waals surface area contributed by atoms with Crippen LogP contribution in [-0.2, 0) is 14.2 Å². The van der Waals surface area contributed by atoms with E-state index in [-0.39, 0.29) is 0 Å². The van der Waals surface area contributed by atoms with E-state index in [1.807, 2.05) is 0 Å². The molecule has 2 saturated heterocycles. The van der Waals surface area contributed by atoms with Crippen molar-refractivity contribution in [3.05, 3.63) is 0 Å². The van der Waals surface area contributed by atoms with Gasteiger partial charge in [0.1, 0.15) is 36.6 Å². The summed E-state index contributed by atoms with van der Waals surface area (Å²) in [5, 5.41) is 67.0. The Labute approximate surface area is 157 Å². The molecule has 0 spiro atoms. The van der Waals surface area contributed by atoms with Gasteiger partial charge in [-0.25, -0.2) is 0 Å². The quantitative estimate of drug-likeness (QED) is 0.223. The van der Waals surface area contributed by atoms with Crippen LogP contribution < -0.4 is 0 Å². The normalized spacial score (nSPS) is 48.7. The van der Waals surface area contributed by atoms with Crippen LogP contribution in [0.15, 0.2) is 0 Å². The molecule has 25 heavy (non-hydrogen) atoms. The van der Waals surface area contributed by atoms with Gasteiger partial charge in [0.05, 0.1) is 18.6 Å².